The quantitative estimate of drug-likeness (QED) is 0.611. The SMILES string of the molecule is CCOC(=O)c1ccc(C)c(NC(=O)CCCN(c2ccccc2C)S(C)(=O)=O)c1. The van der Waals surface area contributed by atoms with Crippen LogP contribution < -0.4 is 9.62 Å². The lowest BCUT2D eigenvalue weighted by Crippen LogP contribution is -2.32. The minimum Gasteiger partial charge on any atom is -0.462 e. The number of aryl methyl sites for hydroxylation is 2. The maximum absolute atomic E-state index is 12.4. The molecule has 2 aromatic rings. The van der Waals surface area contributed by atoms with Crippen LogP contribution in [0, 0.1) is 13.8 Å². The van der Waals surface area contributed by atoms with E-state index in [9.17, 15) is 18.0 Å². The van der Waals surface area contributed by atoms with Gasteiger partial charge >= 0.3 is 5.97 Å². The molecule has 30 heavy (non-hydrogen) atoms. The van der Waals surface area contributed by atoms with Gasteiger partial charge in [-0.2, -0.15) is 0 Å². The van der Waals surface area contributed by atoms with Crippen LogP contribution in [0.4, 0.5) is 11.4 Å². The average Bonchev–Trinajstić information content (AvgIpc) is 2.67. The first-order valence-electron chi connectivity index (χ1n) is 9.74. The van der Waals surface area contributed by atoms with Crippen molar-refractivity contribution in [2.75, 3.05) is 29.0 Å². The second-order valence-corrected chi connectivity index (χ2v) is 8.93. The van der Waals surface area contributed by atoms with Crippen LogP contribution in [0.5, 0.6) is 0 Å². The number of esters is 1. The Morgan fingerprint density at radius 1 is 1.07 bits per heavy atom. The number of sulfonamides is 1. The van der Waals surface area contributed by atoms with Crippen molar-refractivity contribution in [1.82, 2.24) is 0 Å². The van der Waals surface area contributed by atoms with E-state index in [4.69, 9.17) is 4.74 Å². The summed E-state index contributed by atoms with van der Waals surface area (Å²) in [6, 6.07) is 12.2. The molecule has 0 radical (unpaired) electrons. The molecule has 0 fully saturated rings. The largest absolute Gasteiger partial charge is 0.462 e. The summed E-state index contributed by atoms with van der Waals surface area (Å²) in [5.74, 6) is -0.702. The van der Waals surface area contributed by atoms with Crippen LogP contribution in [0.3, 0.4) is 0 Å². The van der Waals surface area contributed by atoms with E-state index in [0.29, 0.717) is 23.4 Å². The van der Waals surface area contributed by atoms with Crippen LogP contribution in [0.2, 0.25) is 0 Å². The molecular formula is C22H28N2O5S. The van der Waals surface area contributed by atoms with Crippen molar-refractivity contribution in [3.63, 3.8) is 0 Å². The summed E-state index contributed by atoms with van der Waals surface area (Å²) in [6.45, 7) is 5.87. The highest BCUT2D eigenvalue weighted by molar-refractivity contribution is 7.92. The number of nitrogens with one attached hydrogen (secondary N) is 1. The van der Waals surface area contributed by atoms with E-state index >= 15 is 0 Å². The summed E-state index contributed by atoms with van der Waals surface area (Å²) in [4.78, 5) is 24.3. The van der Waals surface area contributed by atoms with E-state index in [-0.39, 0.29) is 25.5 Å². The van der Waals surface area contributed by atoms with Gasteiger partial charge in [0, 0.05) is 18.7 Å². The molecule has 162 valence electrons. The molecule has 0 spiro atoms. The number of benzene rings is 2. The van der Waals surface area contributed by atoms with Gasteiger partial charge in [-0.1, -0.05) is 24.3 Å². The Bertz CT molecular complexity index is 1020. The van der Waals surface area contributed by atoms with Crippen LogP contribution in [-0.2, 0) is 19.6 Å². The molecule has 0 heterocycles. The van der Waals surface area contributed by atoms with Crippen LogP contribution in [-0.4, -0.2) is 39.7 Å². The van der Waals surface area contributed by atoms with Gasteiger partial charge in [0.25, 0.3) is 0 Å². The highest BCUT2D eigenvalue weighted by Gasteiger charge is 2.19. The second kappa shape index (κ2) is 10.2. The third-order valence-electron chi connectivity index (χ3n) is 4.57. The van der Waals surface area contributed by atoms with Crippen molar-refractivity contribution in [3.8, 4) is 0 Å². The van der Waals surface area contributed by atoms with E-state index in [0.717, 1.165) is 17.4 Å². The molecule has 1 N–H and O–H groups in total. The zero-order valence-corrected chi connectivity index (χ0v) is 18.6. The van der Waals surface area contributed by atoms with Crippen LogP contribution in [0.15, 0.2) is 42.5 Å². The van der Waals surface area contributed by atoms with Gasteiger partial charge in [0.05, 0.1) is 24.1 Å². The number of ether oxygens (including phenoxy) is 1. The predicted molar refractivity (Wildman–Crippen MR) is 118 cm³/mol. The zero-order valence-electron chi connectivity index (χ0n) is 17.8. The average molecular weight is 433 g/mol. The van der Waals surface area contributed by atoms with Crippen molar-refractivity contribution < 1.29 is 22.7 Å². The maximum atomic E-state index is 12.4. The normalized spacial score (nSPS) is 11.1. The van der Waals surface area contributed by atoms with E-state index < -0.39 is 16.0 Å². The highest BCUT2D eigenvalue weighted by atomic mass is 32.2. The molecule has 2 aromatic carbocycles. The summed E-state index contributed by atoms with van der Waals surface area (Å²) in [5, 5.41) is 2.80. The maximum Gasteiger partial charge on any atom is 0.338 e. The Morgan fingerprint density at radius 2 is 1.77 bits per heavy atom. The molecule has 8 heteroatoms. The Hall–Kier alpha value is -2.87. The third-order valence-corrected chi connectivity index (χ3v) is 5.75. The Balaban J connectivity index is 2.03. The number of para-hydroxylation sites is 1. The fourth-order valence-corrected chi connectivity index (χ4v) is 4.03. The van der Waals surface area contributed by atoms with Gasteiger partial charge in [-0.15, -0.1) is 0 Å². The number of hydrogen-bond donors (Lipinski definition) is 1. The number of carbonyl (C=O) groups is 2. The molecule has 0 saturated heterocycles. The Labute approximate surface area is 178 Å². The molecule has 0 aromatic heterocycles. The van der Waals surface area contributed by atoms with Crippen molar-refractivity contribution >= 4 is 33.3 Å². The number of anilines is 2. The van der Waals surface area contributed by atoms with Crippen molar-refractivity contribution in [1.29, 1.82) is 0 Å². The summed E-state index contributed by atoms with van der Waals surface area (Å²) in [6.07, 6.45) is 1.65. The second-order valence-electron chi connectivity index (χ2n) is 7.02. The summed E-state index contributed by atoms with van der Waals surface area (Å²) < 4.78 is 30.8. The fourth-order valence-electron chi connectivity index (χ4n) is 3.00. The van der Waals surface area contributed by atoms with E-state index in [1.165, 1.54) is 4.31 Å². The monoisotopic (exact) mass is 432 g/mol. The molecule has 0 unspecified atom stereocenters. The lowest BCUT2D eigenvalue weighted by molar-refractivity contribution is -0.116. The van der Waals surface area contributed by atoms with E-state index in [1.807, 2.05) is 26.0 Å². The van der Waals surface area contributed by atoms with Crippen LogP contribution in [0.1, 0.15) is 41.3 Å². The number of amides is 1. The van der Waals surface area contributed by atoms with Gasteiger partial charge in [-0.25, -0.2) is 13.2 Å². The van der Waals surface area contributed by atoms with Crippen molar-refractivity contribution in [2.24, 2.45) is 0 Å². The van der Waals surface area contributed by atoms with E-state index in [1.54, 1.807) is 37.3 Å². The number of carbonyl (C=O) groups excluding carboxylic acids is 2. The van der Waals surface area contributed by atoms with Gasteiger partial charge in [-0.05, 0) is 56.5 Å². The molecule has 2 rings (SSSR count). The van der Waals surface area contributed by atoms with Crippen molar-refractivity contribution in [3.05, 3.63) is 59.2 Å². The molecule has 1 amide bonds. The summed E-state index contributed by atoms with van der Waals surface area (Å²) in [7, 11) is -3.47. The third kappa shape index (κ3) is 6.32. The van der Waals surface area contributed by atoms with Gasteiger partial charge in [0.1, 0.15) is 0 Å². The fraction of sp³-hybridized carbons (Fsp3) is 0.364. The van der Waals surface area contributed by atoms with Crippen molar-refractivity contribution in [2.45, 2.75) is 33.6 Å². The topological polar surface area (TPSA) is 92.8 Å². The summed E-state index contributed by atoms with van der Waals surface area (Å²) in [5.41, 5.74) is 3.16. The Morgan fingerprint density at radius 3 is 2.40 bits per heavy atom. The van der Waals surface area contributed by atoms with Crippen LogP contribution in [0.25, 0.3) is 0 Å². The lowest BCUT2D eigenvalue weighted by atomic mass is 10.1. The lowest BCUT2D eigenvalue weighted by Gasteiger charge is -2.24. The standard InChI is InChI=1S/C22H28N2O5S/c1-5-29-22(26)18-13-12-16(2)19(15-18)23-21(25)11-8-14-24(30(4,27)28)20-10-7-6-9-17(20)3/h6-7,9-10,12-13,15H,5,8,11,14H2,1-4H3,(H,23,25). The first-order valence-corrected chi connectivity index (χ1v) is 11.6. The molecule has 0 bridgehead atoms. The minimum atomic E-state index is -3.47. The zero-order chi connectivity index (χ0) is 22.3. The van der Waals surface area contributed by atoms with Gasteiger partial charge < -0.3 is 10.1 Å². The predicted octanol–water partition coefficient (Wildman–Crippen LogP) is 3.67. The molecule has 0 aliphatic heterocycles. The Kier molecular flexibility index (Phi) is 8.00. The molecule has 0 aliphatic rings. The number of hydrogen-bond acceptors (Lipinski definition) is 5. The molecule has 0 atom stereocenters. The van der Waals surface area contributed by atoms with Gasteiger partial charge in [0.15, 0.2) is 0 Å². The molecule has 0 saturated carbocycles. The molecular weight excluding hydrogens is 404 g/mol. The first kappa shape index (κ1) is 23.4. The van der Waals surface area contributed by atoms with E-state index in [2.05, 4.69) is 5.32 Å². The number of rotatable bonds is 9. The summed E-state index contributed by atoms with van der Waals surface area (Å²) >= 11 is 0. The minimum absolute atomic E-state index is 0.140. The first-order chi connectivity index (χ1) is 14.1. The molecule has 7 nitrogen and oxygen atoms in total. The number of nitrogens with zero attached hydrogens (tertiary/aromatic N) is 1. The van der Waals surface area contributed by atoms with Crippen LogP contribution >= 0.6 is 0 Å². The highest BCUT2D eigenvalue weighted by Crippen LogP contribution is 2.23. The van der Waals surface area contributed by atoms with Gasteiger partial charge in [0.2, 0.25) is 15.9 Å². The molecule has 0 aliphatic carbocycles. The van der Waals surface area contributed by atoms with Gasteiger partial charge in [-0.3, -0.25) is 9.10 Å². The smallest absolute Gasteiger partial charge is 0.338 e.